The number of nitrogens with zero attached hydrogens (tertiary/aromatic N) is 1. The summed E-state index contributed by atoms with van der Waals surface area (Å²) in [6.45, 7) is 1.21. The summed E-state index contributed by atoms with van der Waals surface area (Å²) >= 11 is 0. The number of aromatic nitrogens is 1. The molecule has 1 fully saturated rings. The van der Waals surface area contributed by atoms with E-state index in [0.717, 1.165) is 30.4 Å². The first kappa shape index (κ1) is 18.1. The van der Waals surface area contributed by atoms with Gasteiger partial charge in [-0.25, -0.2) is 4.98 Å². The third-order valence-electron chi connectivity index (χ3n) is 4.77. The van der Waals surface area contributed by atoms with Crippen molar-refractivity contribution in [3.05, 3.63) is 71.9 Å². The average Bonchev–Trinajstić information content (AvgIpc) is 3.25. The smallest absolute Gasteiger partial charge is 0.274 e. The Labute approximate surface area is 162 Å². The molecule has 2 N–H and O–H groups in total. The van der Waals surface area contributed by atoms with Crippen molar-refractivity contribution >= 4 is 28.4 Å². The molecule has 0 bridgehead atoms. The molecule has 1 saturated heterocycles. The fourth-order valence-electron chi connectivity index (χ4n) is 3.28. The van der Waals surface area contributed by atoms with Gasteiger partial charge in [-0.2, -0.15) is 0 Å². The predicted octanol–water partition coefficient (Wildman–Crippen LogP) is 3.40. The molecular formula is C22H21N3O3. The van der Waals surface area contributed by atoms with Gasteiger partial charge in [0.25, 0.3) is 11.8 Å². The lowest BCUT2D eigenvalue weighted by atomic mass is 10.1. The van der Waals surface area contributed by atoms with Crippen molar-refractivity contribution in [2.75, 3.05) is 18.5 Å². The average molecular weight is 375 g/mol. The zero-order valence-corrected chi connectivity index (χ0v) is 15.4. The van der Waals surface area contributed by atoms with Crippen LogP contribution in [0.2, 0.25) is 0 Å². The first-order valence-electron chi connectivity index (χ1n) is 9.37. The minimum Gasteiger partial charge on any atom is -0.376 e. The Kier molecular flexibility index (Phi) is 5.30. The highest BCUT2D eigenvalue weighted by Gasteiger charge is 2.19. The number of ether oxygens (including phenoxy) is 1. The van der Waals surface area contributed by atoms with Crippen molar-refractivity contribution in [2.24, 2.45) is 0 Å². The third-order valence-corrected chi connectivity index (χ3v) is 4.77. The molecule has 0 unspecified atom stereocenters. The van der Waals surface area contributed by atoms with E-state index in [9.17, 15) is 9.59 Å². The van der Waals surface area contributed by atoms with E-state index in [1.807, 2.05) is 30.3 Å². The van der Waals surface area contributed by atoms with Crippen molar-refractivity contribution in [1.82, 2.24) is 10.3 Å². The molecule has 0 saturated carbocycles. The molecule has 142 valence electrons. The zero-order chi connectivity index (χ0) is 19.3. The van der Waals surface area contributed by atoms with Gasteiger partial charge < -0.3 is 15.4 Å². The number of amides is 2. The van der Waals surface area contributed by atoms with Crippen molar-refractivity contribution in [2.45, 2.75) is 18.9 Å². The summed E-state index contributed by atoms with van der Waals surface area (Å²) in [4.78, 5) is 29.7. The van der Waals surface area contributed by atoms with Gasteiger partial charge in [-0.05, 0) is 37.1 Å². The number of para-hydroxylation sites is 2. The van der Waals surface area contributed by atoms with Gasteiger partial charge in [-0.3, -0.25) is 9.59 Å². The third kappa shape index (κ3) is 4.02. The van der Waals surface area contributed by atoms with Crippen LogP contribution in [0.15, 0.2) is 60.7 Å². The number of rotatable bonds is 5. The standard InChI is InChI=1S/C22H21N3O3/c26-21(23-14-16-7-5-13-28-16)17-8-2-4-10-19(17)25-22(27)20-12-11-15-6-1-3-9-18(15)24-20/h1-4,6,8-12,16H,5,7,13-14H2,(H,23,26)(H,25,27)/t16-/m1/s1. The Morgan fingerprint density at radius 1 is 1.00 bits per heavy atom. The SMILES string of the molecule is O=C(Nc1ccccc1C(=O)NC[C@H]1CCCO1)c1ccc2ccccc2n1. The van der Waals surface area contributed by atoms with Crippen LogP contribution >= 0.6 is 0 Å². The molecule has 1 aliphatic heterocycles. The quantitative estimate of drug-likeness (QED) is 0.716. The van der Waals surface area contributed by atoms with E-state index in [-0.39, 0.29) is 17.9 Å². The highest BCUT2D eigenvalue weighted by molar-refractivity contribution is 6.08. The van der Waals surface area contributed by atoms with E-state index in [0.29, 0.717) is 23.5 Å². The summed E-state index contributed by atoms with van der Waals surface area (Å²) in [6.07, 6.45) is 2.03. The van der Waals surface area contributed by atoms with Crippen LogP contribution in [0.25, 0.3) is 10.9 Å². The summed E-state index contributed by atoms with van der Waals surface area (Å²) in [5.41, 5.74) is 1.91. The molecule has 1 atom stereocenters. The summed E-state index contributed by atoms with van der Waals surface area (Å²) in [5.74, 6) is -0.594. The van der Waals surface area contributed by atoms with Crippen LogP contribution < -0.4 is 10.6 Å². The Hall–Kier alpha value is -3.25. The van der Waals surface area contributed by atoms with Crippen LogP contribution in [-0.4, -0.2) is 36.1 Å². The number of hydrogen-bond donors (Lipinski definition) is 2. The van der Waals surface area contributed by atoms with Gasteiger partial charge in [0, 0.05) is 18.5 Å². The van der Waals surface area contributed by atoms with E-state index >= 15 is 0 Å². The number of hydrogen-bond acceptors (Lipinski definition) is 4. The normalized spacial score (nSPS) is 16.1. The van der Waals surface area contributed by atoms with Gasteiger partial charge in [-0.1, -0.05) is 36.4 Å². The van der Waals surface area contributed by atoms with Crippen LogP contribution in [0.3, 0.4) is 0 Å². The number of carbonyl (C=O) groups excluding carboxylic acids is 2. The molecule has 1 aliphatic rings. The molecule has 0 aliphatic carbocycles. The highest BCUT2D eigenvalue weighted by Crippen LogP contribution is 2.18. The van der Waals surface area contributed by atoms with E-state index in [1.165, 1.54) is 0 Å². The molecule has 2 amide bonds. The zero-order valence-electron chi connectivity index (χ0n) is 15.4. The fourth-order valence-corrected chi connectivity index (χ4v) is 3.28. The van der Waals surface area contributed by atoms with Gasteiger partial charge in [-0.15, -0.1) is 0 Å². The minimum atomic E-state index is -0.356. The highest BCUT2D eigenvalue weighted by atomic mass is 16.5. The van der Waals surface area contributed by atoms with E-state index < -0.39 is 0 Å². The first-order valence-corrected chi connectivity index (χ1v) is 9.37. The van der Waals surface area contributed by atoms with Crippen molar-refractivity contribution in [3.8, 4) is 0 Å². The fraction of sp³-hybridized carbons (Fsp3) is 0.227. The van der Waals surface area contributed by atoms with Crippen LogP contribution in [0, 0.1) is 0 Å². The van der Waals surface area contributed by atoms with Crippen LogP contribution in [0.5, 0.6) is 0 Å². The largest absolute Gasteiger partial charge is 0.376 e. The second-order valence-electron chi connectivity index (χ2n) is 6.73. The lowest BCUT2D eigenvalue weighted by Gasteiger charge is -2.13. The lowest BCUT2D eigenvalue weighted by molar-refractivity contribution is 0.0858. The van der Waals surface area contributed by atoms with Crippen molar-refractivity contribution in [3.63, 3.8) is 0 Å². The van der Waals surface area contributed by atoms with Crippen molar-refractivity contribution in [1.29, 1.82) is 0 Å². The Balaban J connectivity index is 1.49. The number of anilines is 1. The molecule has 0 radical (unpaired) electrons. The molecule has 28 heavy (non-hydrogen) atoms. The number of pyridine rings is 1. The summed E-state index contributed by atoms with van der Waals surface area (Å²) in [7, 11) is 0. The second-order valence-corrected chi connectivity index (χ2v) is 6.73. The predicted molar refractivity (Wildman–Crippen MR) is 107 cm³/mol. The summed E-state index contributed by atoms with van der Waals surface area (Å²) < 4.78 is 5.53. The topological polar surface area (TPSA) is 80.3 Å². The number of nitrogens with one attached hydrogen (secondary N) is 2. The van der Waals surface area contributed by atoms with E-state index in [4.69, 9.17) is 4.74 Å². The minimum absolute atomic E-state index is 0.0625. The van der Waals surface area contributed by atoms with Crippen LogP contribution in [0.4, 0.5) is 5.69 Å². The molecule has 4 rings (SSSR count). The first-order chi connectivity index (χ1) is 13.7. The van der Waals surface area contributed by atoms with Crippen LogP contribution in [0.1, 0.15) is 33.7 Å². The van der Waals surface area contributed by atoms with E-state index in [2.05, 4.69) is 15.6 Å². The number of carbonyl (C=O) groups is 2. The second kappa shape index (κ2) is 8.19. The number of fused-ring (bicyclic) bond motifs is 1. The van der Waals surface area contributed by atoms with Gasteiger partial charge in [0.15, 0.2) is 0 Å². The maximum Gasteiger partial charge on any atom is 0.274 e. The van der Waals surface area contributed by atoms with Gasteiger partial charge >= 0.3 is 0 Å². The Bertz CT molecular complexity index is 1010. The molecule has 2 aromatic carbocycles. The van der Waals surface area contributed by atoms with Crippen molar-refractivity contribution < 1.29 is 14.3 Å². The molecule has 1 aromatic heterocycles. The molecule has 0 spiro atoms. The van der Waals surface area contributed by atoms with Crippen LogP contribution in [-0.2, 0) is 4.74 Å². The van der Waals surface area contributed by atoms with Gasteiger partial charge in [0.2, 0.25) is 0 Å². The number of benzene rings is 2. The molecule has 2 heterocycles. The Morgan fingerprint density at radius 2 is 1.82 bits per heavy atom. The maximum atomic E-state index is 12.7. The maximum absolute atomic E-state index is 12.7. The Morgan fingerprint density at radius 3 is 2.68 bits per heavy atom. The van der Waals surface area contributed by atoms with Gasteiger partial charge in [0.05, 0.1) is 22.9 Å². The molecular weight excluding hydrogens is 354 g/mol. The molecule has 6 heteroatoms. The monoisotopic (exact) mass is 375 g/mol. The summed E-state index contributed by atoms with van der Waals surface area (Å²) in [6, 6.07) is 18.1. The molecule has 3 aromatic rings. The van der Waals surface area contributed by atoms with E-state index in [1.54, 1.807) is 30.3 Å². The lowest BCUT2D eigenvalue weighted by Crippen LogP contribution is -2.32. The van der Waals surface area contributed by atoms with Gasteiger partial charge in [0.1, 0.15) is 5.69 Å². The summed E-state index contributed by atoms with van der Waals surface area (Å²) in [5, 5.41) is 6.66. The molecule has 6 nitrogen and oxygen atoms in total.